The van der Waals surface area contributed by atoms with Crippen LogP contribution in [-0.4, -0.2) is 58.3 Å². The van der Waals surface area contributed by atoms with Crippen LogP contribution in [0.1, 0.15) is 33.1 Å². The maximum Gasteiger partial charge on any atom is 0.333 e. The molecule has 0 aromatic heterocycles. The standard InChI is InChI=1S/C20H28O7/c1-13(2)18(23)26-11-16(21)9-15-5-7-20(25,8-6-15)10-17(22)12-27-19(24)14(3)4/h5-7,16-17,21-22,25H,1,3,8-12H2,2,4H3. The minimum absolute atomic E-state index is 0.00444. The number of aliphatic hydroxyl groups excluding tert-OH is 2. The van der Waals surface area contributed by atoms with Gasteiger partial charge in [-0.3, -0.25) is 0 Å². The molecule has 1 aliphatic rings. The van der Waals surface area contributed by atoms with Crippen molar-refractivity contribution in [2.24, 2.45) is 0 Å². The predicted octanol–water partition coefficient (Wildman–Crippen LogP) is 1.34. The van der Waals surface area contributed by atoms with Gasteiger partial charge in [0, 0.05) is 24.0 Å². The largest absolute Gasteiger partial charge is 0.460 e. The van der Waals surface area contributed by atoms with Crippen LogP contribution in [0.2, 0.25) is 0 Å². The molecule has 3 unspecified atom stereocenters. The third kappa shape index (κ3) is 8.34. The molecule has 27 heavy (non-hydrogen) atoms. The number of hydrogen-bond acceptors (Lipinski definition) is 7. The molecule has 3 N–H and O–H groups in total. The number of allylic oxidation sites excluding steroid dienone is 1. The SMILES string of the molecule is C=C(C)C(=O)OCC(O)CC1=CCC(O)(CC(O)COC(=O)C(=C)C)C=C1. The van der Waals surface area contributed by atoms with E-state index in [1.54, 1.807) is 18.2 Å². The van der Waals surface area contributed by atoms with Crippen LogP contribution < -0.4 is 0 Å². The van der Waals surface area contributed by atoms with Gasteiger partial charge in [0.15, 0.2) is 0 Å². The Morgan fingerprint density at radius 1 is 1.11 bits per heavy atom. The highest BCUT2D eigenvalue weighted by Gasteiger charge is 2.29. The number of ether oxygens (including phenoxy) is 2. The first-order chi connectivity index (χ1) is 12.5. The Labute approximate surface area is 159 Å². The molecule has 0 radical (unpaired) electrons. The van der Waals surface area contributed by atoms with E-state index in [0.717, 1.165) is 5.57 Å². The number of aliphatic hydroxyl groups is 3. The second-order valence-corrected chi connectivity index (χ2v) is 6.89. The number of carbonyl (C=O) groups is 2. The van der Waals surface area contributed by atoms with Crippen LogP contribution in [0, 0.1) is 0 Å². The van der Waals surface area contributed by atoms with Crippen molar-refractivity contribution in [3.8, 4) is 0 Å². The Kier molecular flexibility index (Phi) is 8.62. The molecule has 0 heterocycles. The molecule has 0 spiro atoms. The van der Waals surface area contributed by atoms with Crippen molar-refractivity contribution in [3.63, 3.8) is 0 Å². The van der Waals surface area contributed by atoms with Crippen molar-refractivity contribution in [1.82, 2.24) is 0 Å². The van der Waals surface area contributed by atoms with Crippen LogP contribution in [-0.2, 0) is 19.1 Å². The van der Waals surface area contributed by atoms with Gasteiger partial charge in [-0.25, -0.2) is 9.59 Å². The smallest absolute Gasteiger partial charge is 0.333 e. The number of hydrogen-bond donors (Lipinski definition) is 3. The molecule has 0 fully saturated rings. The van der Waals surface area contributed by atoms with Crippen molar-refractivity contribution in [2.45, 2.75) is 50.9 Å². The van der Waals surface area contributed by atoms with Gasteiger partial charge in [-0.05, 0) is 25.8 Å². The number of carbonyl (C=O) groups excluding carboxylic acids is 2. The van der Waals surface area contributed by atoms with E-state index in [-0.39, 0.29) is 43.6 Å². The van der Waals surface area contributed by atoms with Gasteiger partial charge in [0.05, 0.1) is 17.8 Å². The van der Waals surface area contributed by atoms with Gasteiger partial charge < -0.3 is 24.8 Å². The molecular formula is C20H28O7. The minimum atomic E-state index is -1.27. The fraction of sp³-hybridized carbons (Fsp3) is 0.500. The molecule has 3 atom stereocenters. The molecule has 0 aromatic carbocycles. The van der Waals surface area contributed by atoms with Crippen LogP contribution >= 0.6 is 0 Å². The predicted molar refractivity (Wildman–Crippen MR) is 99.6 cm³/mol. The molecule has 1 aliphatic carbocycles. The molecular weight excluding hydrogens is 352 g/mol. The summed E-state index contributed by atoms with van der Waals surface area (Å²) < 4.78 is 9.76. The van der Waals surface area contributed by atoms with Gasteiger partial charge in [-0.2, -0.15) is 0 Å². The molecule has 150 valence electrons. The third-order valence-electron chi connectivity index (χ3n) is 3.90. The van der Waals surface area contributed by atoms with Crippen LogP contribution in [0.5, 0.6) is 0 Å². The lowest BCUT2D eigenvalue weighted by atomic mass is 9.86. The molecule has 0 saturated heterocycles. The van der Waals surface area contributed by atoms with E-state index in [1.165, 1.54) is 13.8 Å². The van der Waals surface area contributed by atoms with Crippen molar-refractivity contribution in [3.05, 3.63) is 48.1 Å². The number of rotatable bonds is 10. The first-order valence-electron chi connectivity index (χ1n) is 8.64. The molecule has 0 saturated carbocycles. The summed E-state index contributed by atoms with van der Waals surface area (Å²) in [5.41, 5.74) is 0.00689. The molecule has 0 aliphatic heterocycles. The lowest BCUT2D eigenvalue weighted by Crippen LogP contribution is -2.34. The van der Waals surface area contributed by atoms with Gasteiger partial charge in [0.1, 0.15) is 13.2 Å². The van der Waals surface area contributed by atoms with Crippen molar-refractivity contribution in [2.75, 3.05) is 13.2 Å². The summed E-state index contributed by atoms with van der Waals surface area (Å²) in [6.45, 7) is 9.56. The average Bonchev–Trinajstić information content (AvgIpc) is 2.59. The van der Waals surface area contributed by atoms with Crippen LogP contribution in [0.15, 0.2) is 48.1 Å². The van der Waals surface area contributed by atoms with Gasteiger partial charge in [-0.1, -0.05) is 31.4 Å². The molecule has 0 amide bonds. The zero-order valence-electron chi connectivity index (χ0n) is 15.8. The molecule has 0 aromatic rings. The van der Waals surface area contributed by atoms with Gasteiger partial charge in [-0.15, -0.1) is 0 Å². The normalized spacial score (nSPS) is 21.0. The van der Waals surface area contributed by atoms with E-state index in [1.807, 2.05) is 0 Å². The van der Waals surface area contributed by atoms with E-state index >= 15 is 0 Å². The van der Waals surface area contributed by atoms with Gasteiger partial charge in [0.2, 0.25) is 0 Å². The van der Waals surface area contributed by atoms with Crippen molar-refractivity contribution in [1.29, 1.82) is 0 Å². The van der Waals surface area contributed by atoms with E-state index in [2.05, 4.69) is 13.2 Å². The van der Waals surface area contributed by atoms with Crippen molar-refractivity contribution < 1.29 is 34.4 Å². The lowest BCUT2D eigenvalue weighted by molar-refractivity contribution is -0.143. The quantitative estimate of drug-likeness (QED) is 0.387. The van der Waals surface area contributed by atoms with Gasteiger partial charge in [0.25, 0.3) is 0 Å². The lowest BCUT2D eigenvalue weighted by Gasteiger charge is -2.29. The Morgan fingerprint density at radius 2 is 1.63 bits per heavy atom. The third-order valence-corrected chi connectivity index (χ3v) is 3.90. The first-order valence-corrected chi connectivity index (χ1v) is 8.64. The van der Waals surface area contributed by atoms with Crippen LogP contribution in [0.25, 0.3) is 0 Å². The zero-order chi connectivity index (χ0) is 20.6. The molecule has 7 heteroatoms. The highest BCUT2D eigenvalue weighted by atomic mass is 16.5. The second kappa shape index (κ2) is 10.2. The summed E-state index contributed by atoms with van der Waals surface area (Å²) in [4.78, 5) is 22.6. The number of esters is 2. The van der Waals surface area contributed by atoms with Gasteiger partial charge >= 0.3 is 11.9 Å². The summed E-state index contributed by atoms with van der Waals surface area (Å²) in [6, 6.07) is 0. The van der Waals surface area contributed by atoms with E-state index in [4.69, 9.17) is 9.47 Å². The maximum atomic E-state index is 11.3. The molecule has 1 rings (SSSR count). The first kappa shape index (κ1) is 22.8. The fourth-order valence-corrected chi connectivity index (χ4v) is 2.40. The van der Waals surface area contributed by atoms with E-state index in [0.29, 0.717) is 0 Å². The Hall–Kier alpha value is -2.22. The summed E-state index contributed by atoms with van der Waals surface area (Å²) in [5, 5.41) is 30.4. The fourth-order valence-electron chi connectivity index (χ4n) is 2.40. The van der Waals surface area contributed by atoms with Crippen LogP contribution in [0.4, 0.5) is 0 Å². The highest BCUT2D eigenvalue weighted by Crippen LogP contribution is 2.27. The van der Waals surface area contributed by atoms with Crippen molar-refractivity contribution >= 4 is 11.9 Å². The second-order valence-electron chi connectivity index (χ2n) is 6.89. The van der Waals surface area contributed by atoms with Crippen LogP contribution in [0.3, 0.4) is 0 Å². The summed E-state index contributed by atoms with van der Waals surface area (Å²) in [6.07, 6.45) is 3.54. The molecule has 7 nitrogen and oxygen atoms in total. The minimum Gasteiger partial charge on any atom is -0.460 e. The summed E-state index contributed by atoms with van der Waals surface area (Å²) in [7, 11) is 0. The van der Waals surface area contributed by atoms with E-state index in [9.17, 15) is 24.9 Å². The maximum absolute atomic E-state index is 11.3. The monoisotopic (exact) mass is 380 g/mol. The highest BCUT2D eigenvalue weighted by molar-refractivity contribution is 5.87. The zero-order valence-corrected chi connectivity index (χ0v) is 15.8. The Balaban J connectivity index is 2.43. The van der Waals surface area contributed by atoms with E-state index < -0.39 is 29.7 Å². The Bertz CT molecular complexity index is 647. The molecule has 0 bridgehead atoms. The summed E-state index contributed by atoms with van der Waals surface area (Å²) in [5.74, 6) is -1.15. The topological polar surface area (TPSA) is 113 Å². The summed E-state index contributed by atoms with van der Waals surface area (Å²) >= 11 is 0. The average molecular weight is 380 g/mol. The Morgan fingerprint density at radius 3 is 2.07 bits per heavy atom.